The second-order valence-corrected chi connectivity index (χ2v) is 11.7. The van der Waals surface area contributed by atoms with Crippen molar-refractivity contribution in [3.05, 3.63) is 65.2 Å². The Morgan fingerprint density at radius 1 is 0.977 bits per heavy atom. The number of aliphatic hydroxyl groups is 2. The van der Waals surface area contributed by atoms with E-state index < -0.39 is 76.2 Å². The van der Waals surface area contributed by atoms with E-state index in [4.69, 9.17) is 5.73 Å². The maximum Gasteiger partial charge on any atom is 0.235 e. The van der Waals surface area contributed by atoms with E-state index in [9.17, 15) is 44.1 Å². The molecule has 0 heterocycles. The quantitative estimate of drug-likeness (QED) is 0.248. The van der Waals surface area contributed by atoms with Gasteiger partial charge in [-0.15, -0.1) is 0 Å². The minimum Gasteiger partial charge on any atom is -0.507 e. The Morgan fingerprint density at radius 2 is 1.63 bits per heavy atom. The van der Waals surface area contributed by atoms with Gasteiger partial charge < -0.3 is 21.1 Å². The maximum atomic E-state index is 14.1. The van der Waals surface area contributed by atoms with Crippen molar-refractivity contribution in [3.63, 3.8) is 0 Å². The van der Waals surface area contributed by atoms with E-state index in [1.54, 1.807) is 42.5 Å². The predicted octanol–water partition coefficient (Wildman–Crippen LogP) is 0.471. The van der Waals surface area contributed by atoms with Gasteiger partial charge in [0.1, 0.15) is 5.75 Å². The summed E-state index contributed by atoms with van der Waals surface area (Å²) in [6, 6.07) is 11.9. The van der Waals surface area contributed by atoms with E-state index in [0.29, 0.717) is 33.0 Å². The molecule has 2 saturated carbocycles. The van der Waals surface area contributed by atoms with Crippen molar-refractivity contribution in [2.75, 3.05) is 14.1 Å². The third-order valence-electron chi connectivity index (χ3n) is 9.40. The highest BCUT2D eigenvalue weighted by Gasteiger charge is 2.72. The lowest BCUT2D eigenvalue weighted by molar-refractivity contribution is -0.195. The molecule has 220 valence electrons. The van der Waals surface area contributed by atoms with Crippen molar-refractivity contribution in [1.82, 2.24) is 4.90 Å². The van der Waals surface area contributed by atoms with Crippen molar-refractivity contribution in [3.8, 4) is 16.9 Å². The Kier molecular flexibility index (Phi) is 6.46. The van der Waals surface area contributed by atoms with Crippen LogP contribution in [0, 0.1) is 23.7 Å². The van der Waals surface area contributed by atoms with Crippen LogP contribution in [0.2, 0.25) is 0 Å². The number of carbonyl (C=O) groups excluding carboxylic acids is 6. The first-order valence-electron chi connectivity index (χ1n) is 13.7. The molecule has 0 bridgehead atoms. The van der Waals surface area contributed by atoms with E-state index in [2.05, 4.69) is 0 Å². The first-order chi connectivity index (χ1) is 20.4. The molecule has 43 heavy (non-hydrogen) atoms. The van der Waals surface area contributed by atoms with Gasteiger partial charge in [0.2, 0.25) is 5.91 Å². The van der Waals surface area contributed by atoms with Crippen LogP contribution in [-0.4, -0.2) is 87.4 Å². The number of rotatable bonds is 4. The van der Waals surface area contributed by atoms with Gasteiger partial charge in [-0.25, -0.2) is 0 Å². The molecule has 6 rings (SSSR count). The molecule has 0 saturated heterocycles. The van der Waals surface area contributed by atoms with Gasteiger partial charge >= 0.3 is 0 Å². The number of aliphatic hydroxyl groups excluding tert-OH is 1. The summed E-state index contributed by atoms with van der Waals surface area (Å²) >= 11 is 0. The summed E-state index contributed by atoms with van der Waals surface area (Å²) in [6.45, 7) is 0. The molecule has 0 radical (unpaired) electrons. The fourth-order valence-electron chi connectivity index (χ4n) is 7.53. The third-order valence-corrected chi connectivity index (χ3v) is 9.40. The Bertz CT molecular complexity index is 1800. The summed E-state index contributed by atoms with van der Waals surface area (Å²) in [5.41, 5.74) is 4.03. The van der Waals surface area contributed by atoms with Crippen LogP contribution >= 0.6 is 0 Å². The molecule has 11 nitrogen and oxygen atoms in total. The highest BCUT2D eigenvalue weighted by Crippen LogP contribution is 2.52. The van der Waals surface area contributed by atoms with Crippen LogP contribution in [-0.2, 0) is 25.6 Å². The van der Waals surface area contributed by atoms with Crippen molar-refractivity contribution in [2.24, 2.45) is 29.4 Å². The zero-order valence-corrected chi connectivity index (χ0v) is 23.2. The number of likely N-dealkylation sites (N-methyl/N-ethyl adjacent to an activating group) is 1. The van der Waals surface area contributed by atoms with Crippen LogP contribution in [0.3, 0.4) is 0 Å². The van der Waals surface area contributed by atoms with Crippen molar-refractivity contribution < 1.29 is 44.1 Å². The molecule has 3 aromatic rings. The van der Waals surface area contributed by atoms with Crippen LogP contribution in [0.4, 0.5) is 0 Å². The number of benzene rings is 3. The lowest BCUT2D eigenvalue weighted by atomic mass is 9.51. The SMILES string of the molecule is CN(C)[C@@H]1C(=O)C(C(N)=O)C(=O)[C@@]2(O)C(=O)C3C(=O)c4c(O)ccc(-c5ccc(C=O)c6ccccc56)c4C[C@H]3[C@H](O)[C@@H]12. The molecule has 2 unspecified atom stereocenters. The van der Waals surface area contributed by atoms with Crippen LogP contribution in [0.5, 0.6) is 5.75 Å². The number of aldehydes is 1. The van der Waals surface area contributed by atoms with Gasteiger partial charge in [0.25, 0.3) is 0 Å². The van der Waals surface area contributed by atoms with E-state index in [-0.39, 0.29) is 12.0 Å². The molecule has 0 aromatic heterocycles. The number of nitrogens with zero attached hydrogens (tertiary/aromatic N) is 1. The van der Waals surface area contributed by atoms with E-state index in [1.165, 1.54) is 25.1 Å². The van der Waals surface area contributed by atoms with Gasteiger partial charge in [-0.2, -0.15) is 0 Å². The van der Waals surface area contributed by atoms with E-state index in [0.717, 1.165) is 6.29 Å². The van der Waals surface area contributed by atoms with Gasteiger partial charge in [0.15, 0.2) is 40.9 Å². The van der Waals surface area contributed by atoms with Crippen LogP contribution in [0.1, 0.15) is 26.3 Å². The molecule has 11 heteroatoms. The minimum absolute atomic E-state index is 0.125. The van der Waals surface area contributed by atoms with Gasteiger partial charge in [-0.3, -0.25) is 33.7 Å². The highest BCUT2D eigenvalue weighted by atomic mass is 16.3. The molecule has 3 aromatic carbocycles. The Hall–Kier alpha value is -4.58. The number of primary amides is 1. The monoisotopic (exact) mass is 584 g/mol. The number of fused-ring (bicyclic) bond motifs is 4. The summed E-state index contributed by atoms with van der Waals surface area (Å²) in [4.78, 5) is 80.1. The molecular weight excluding hydrogens is 556 g/mol. The van der Waals surface area contributed by atoms with Crippen molar-refractivity contribution in [2.45, 2.75) is 24.2 Å². The summed E-state index contributed by atoms with van der Waals surface area (Å²) in [5.74, 6) is -13.1. The standard InChI is InChI=1S/C32H28N2O9/c1-34(2)25-24-26(37)19-11-18-17(16-8-7-13(12-35)14-5-3-4-6-15(14)16)9-10-20(36)21(18)27(38)22(19)29(40)32(24,43)30(41)23(28(25)39)31(33)42/h3-10,12,19,22-26,36-37,43H,11H2,1-2H3,(H2,33,42)/t19-,22?,23?,24-,25+,26+,32+/m1/s1. The number of ketones is 4. The number of phenols is 1. The highest BCUT2D eigenvalue weighted by molar-refractivity contribution is 6.32. The topological polar surface area (TPSA) is 192 Å². The largest absolute Gasteiger partial charge is 0.507 e. The molecule has 2 fully saturated rings. The lowest BCUT2D eigenvalue weighted by Crippen LogP contribution is -2.77. The predicted molar refractivity (Wildman–Crippen MR) is 151 cm³/mol. The number of Topliss-reactive ketones (excluding diaryl/α,β-unsaturated/α-hetero) is 4. The van der Waals surface area contributed by atoms with Gasteiger partial charge in [-0.05, 0) is 54.0 Å². The van der Waals surface area contributed by atoms with Crippen LogP contribution < -0.4 is 5.73 Å². The van der Waals surface area contributed by atoms with Crippen LogP contribution in [0.25, 0.3) is 21.9 Å². The summed E-state index contributed by atoms with van der Waals surface area (Å²) < 4.78 is 0. The van der Waals surface area contributed by atoms with Gasteiger partial charge in [0.05, 0.1) is 29.5 Å². The molecular formula is C32H28N2O9. The third kappa shape index (κ3) is 3.71. The normalized spacial score (nSPS) is 30.2. The smallest absolute Gasteiger partial charge is 0.235 e. The molecule has 3 aliphatic rings. The lowest BCUT2D eigenvalue weighted by Gasteiger charge is -2.54. The Labute approximate surface area is 244 Å². The summed E-state index contributed by atoms with van der Waals surface area (Å²) in [7, 11) is 2.87. The molecule has 5 N–H and O–H groups in total. The number of carbonyl (C=O) groups is 6. The van der Waals surface area contributed by atoms with Crippen molar-refractivity contribution in [1.29, 1.82) is 0 Å². The van der Waals surface area contributed by atoms with Crippen LogP contribution in [0.15, 0.2) is 48.5 Å². The fourth-order valence-corrected chi connectivity index (χ4v) is 7.53. The number of phenolic OH excluding ortho intramolecular Hbond substituents is 1. The molecule has 7 atom stereocenters. The Balaban J connectivity index is 1.56. The maximum absolute atomic E-state index is 14.1. The first-order valence-corrected chi connectivity index (χ1v) is 13.7. The zero-order chi connectivity index (χ0) is 31.1. The molecule has 0 aliphatic heterocycles. The van der Waals surface area contributed by atoms with Gasteiger partial charge in [0, 0.05) is 11.5 Å². The summed E-state index contributed by atoms with van der Waals surface area (Å²) in [6.07, 6.45) is -1.11. The number of aromatic hydroxyl groups is 1. The zero-order valence-electron chi connectivity index (χ0n) is 23.2. The second kappa shape index (κ2) is 9.73. The average Bonchev–Trinajstić information content (AvgIpc) is 2.96. The molecule has 3 aliphatic carbocycles. The first kappa shape index (κ1) is 28.5. The Morgan fingerprint density at radius 3 is 2.26 bits per heavy atom. The molecule has 1 amide bonds. The summed E-state index contributed by atoms with van der Waals surface area (Å²) in [5, 5.41) is 35.7. The van der Waals surface area contributed by atoms with Crippen molar-refractivity contribution >= 4 is 46.1 Å². The molecule has 0 spiro atoms. The average molecular weight is 585 g/mol. The van der Waals surface area contributed by atoms with E-state index >= 15 is 0 Å². The number of amides is 1. The number of hydrogen-bond acceptors (Lipinski definition) is 10. The second-order valence-electron chi connectivity index (χ2n) is 11.7. The number of hydrogen-bond donors (Lipinski definition) is 4. The van der Waals surface area contributed by atoms with Gasteiger partial charge in [-0.1, -0.05) is 42.5 Å². The number of nitrogens with two attached hydrogens (primary N) is 1. The minimum atomic E-state index is -3.05. The fraction of sp³-hybridized carbons (Fsp3) is 0.312. The van der Waals surface area contributed by atoms with E-state index in [1.807, 2.05) is 0 Å².